The molecule has 1 unspecified atom stereocenters. The average molecular weight is 501 g/mol. The van der Waals surface area contributed by atoms with Gasteiger partial charge in [-0.3, -0.25) is 4.79 Å². The van der Waals surface area contributed by atoms with Gasteiger partial charge >= 0.3 is 0 Å². The van der Waals surface area contributed by atoms with Crippen LogP contribution in [-0.4, -0.2) is 45.2 Å². The monoisotopic (exact) mass is 500 g/mol. The van der Waals surface area contributed by atoms with E-state index in [1.54, 1.807) is 39.5 Å². The summed E-state index contributed by atoms with van der Waals surface area (Å²) in [6.45, 7) is 3.79. The van der Waals surface area contributed by atoms with Crippen LogP contribution in [0, 0.1) is 11.7 Å². The van der Waals surface area contributed by atoms with E-state index in [0.717, 1.165) is 11.3 Å². The smallest absolute Gasteiger partial charge is 0.276 e. The maximum Gasteiger partial charge on any atom is 0.276 e. The van der Waals surface area contributed by atoms with Crippen LogP contribution in [0.25, 0.3) is 22.7 Å². The Morgan fingerprint density at radius 2 is 1.92 bits per heavy atom. The molecule has 11 heteroatoms. The predicted octanol–water partition coefficient (Wildman–Crippen LogP) is 4.35. The molecule has 0 fully saturated rings. The predicted molar refractivity (Wildman–Crippen MR) is 137 cm³/mol. The molecule has 1 aromatic carbocycles. The Morgan fingerprint density at radius 3 is 2.67 bits per heavy atom. The highest BCUT2D eigenvalue weighted by Crippen LogP contribution is 2.25. The second-order valence-corrected chi connectivity index (χ2v) is 10.5. The Hall–Kier alpha value is -4.38. The lowest BCUT2D eigenvalue weighted by Crippen LogP contribution is -2.13. The average Bonchev–Trinajstić information content (AvgIpc) is 3.51. The second kappa shape index (κ2) is 9.34. The molecular formula is C25H24N8O2S. The third-order valence-corrected chi connectivity index (χ3v) is 7.60. The Balaban J connectivity index is 1.49. The summed E-state index contributed by atoms with van der Waals surface area (Å²) in [6.07, 6.45) is 3.95. The summed E-state index contributed by atoms with van der Waals surface area (Å²) in [5, 5.41) is 11.6. The van der Waals surface area contributed by atoms with Gasteiger partial charge in [-0.1, -0.05) is 13.0 Å². The minimum absolute atomic E-state index is 0.200. The summed E-state index contributed by atoms with van der Waals surface area (Å²) in [6, 6.07) is 17.6. The van der Waals surface area contributed by atoms with E-state index in [4.69, 9.17) is 4.78 Å². The molecule has 182 valence electrons. The number of aryl methyl sites for hydroxylation is 1. The van der Waals surface area contributed by atoms with Crippen molar-refractivity contribution in [1.82, 2.24) is 29.4 Å². The topological polar surface area (TPSA) is 131 Å². The normalized spacial score (nSPS) is 12.9. The van der Waals surface area contributed by atoms with E-state index in [-0.39, 0.29) is 5.69 Å². The highest BCUT2D eigenvalue weighted by atomic mass is 32.2. The Kier molecular flexibility index (Phi) is 6.06. The van der Waals surface area contributed by atoms with E-state index in [2.05, 4.69) is 25.5 Å². The number of hydrogen-bond donors (Lipinski definition) is 2. The zero-order chi connectivity index (χ0) is 25.3. The van der Waals surface area contributed by atoms with Crippen molar-refractivity contribution < 1.29 is 9.00 Å². The number of pyridine rings is 2. The number of fused-ring (bicyclic) bond motifs is 1. The van der Waals surface area contributed by atoms with Crippen LogP contribution in [0.15, 0.2) is 78.1 Å². The van der Waals surface area contributed by atoms with Crippen LogP contribution in [0.5, 0.6) is 0 Å². The van der Waals surface area contributed by atoms with Gasteiger partial charge in [-0.25, -0.2) is 28.2 Å². The first kappa shape index (κ1) is 23.4. The van der Waals surface area contributed by atoms with Gasteiger partial charge in [0.05, 0.1) is 15.4 Å². The Bertz CT molecular complexity index is 1670. The molecule has 0 bridgehead atoms. The summed E-state index contributed by atoms with van der Waals surface area (Å²) in [5.41, 5.74) is 3.69. The van der Waals surface area contributed by atoms with Crippen LogP contribution in [-0.2, 0) is 9.73 Å². The van der Waals surface area contributed by atoms with Crippen molar-refractivity contribution in [2.24, 2.45) is 0 Å². The van der Waals surface area contributed by atoms with E-state index in [9.17, 15) is 9.00 Å². The molecule has 0 saturated carbocycles. The first-order valence-corrected chi connectivity index (χ1v) is 13.1. The number of rotatable bonds is 7. The van der Waals surface area contributed by atoms with E-state index < -0.39 is 15.6 Å². The first-order valence-electron chi connectivity index (χ1n) is 11.4. The lowest BCUT2D eigenvalue weighted by atomic mass is 10.2. The summed E-state index contributed by atoms with van der Waals surface area (Å²) in [5.74, 6) is 0.470. The number of amides is 1. The molecule has 10 nitrogen and oxygen atoms in total. The number of nitrogens with zero attached hydrogens (tertiary/aromatic N) is 6. The van der Waals surface area contributed by atoms with Gasteiger partial charge in [0.1, 0.15) is 6.33 Å². The van der Waals surface area contributed by atoms with Gasteiger partial charge in [-0.15, -0.1) is 0 Å². The number of carbonyl (C=O) groups excluding carboxylic acids is 1. The van der Waals surface area contributed by atoms with Gasteiger partial charge < -0.3 is 5.32 Å². The molecule has 4 heterocycles. The largest absolute Gasteiger partial charge is 0.321 e. The van der Waals surface area contributed by atoms with E-state index in [0.29, 0.717) is 39.9 Å². The fraction of sp³-hybridized carbons (Fsp3) is 0.160. The van der Waals surface area contributed by atoms with Gasteiger partial charge in [0.25, 0.3) is 5.91 Å². The maximum absolute atomic E-state index is 13.1. The zero-order valence-electron chi connectivity index (χ0n) is 19.8. The van der Waals surface area contributed by atoms with Gasteiger partial charge in [0, 0.05) is 33.8 Å². The van der Waals surface area contributed by atoms with Crippen LogP contribution in [0.2, 0.25) is 0 Å². The highest BCUT2D eigenvalue weighted by Gasteiger charge is 2.19. The molecule has 0 spiro atoms. The van der Waals surface area contributed by atoms with Crippen LogP contribution in [0.1, 0.15) is 29.5 Å². The third kappa shape index (κ3) is 4.60. The highest BCUT2D eigenvalue weighted by molar-refractivity contribution is 7.92. The fourth-order valence-electron chi connectivity index (χ4n) is 3.85. The molecule has 0 radical (unpaired) electrons. The van der Waals surface area contributed by atoms with Crippen molar-refractivity contribution in [3.63, 3.8) is 0 Å². The van der Waals surface area contributed by atoms with Crippen molar-refractivity contribution in [1.29, 1.82) is 4.78 Å². The molecule has 0 aliphatic carbocycles. The van der Waals surface area contributed by atoms with Crippen LogP contribution < -0.4 is 5.32 Å². The number of benzene rings is 1. The number of hydrogen-bond acceptors (Lipinski definition) is 7. The molecule has 0 saturated heterocycles. The molecule has 1 amide bonds. The molecular weight excluding hydrogens is 476 g/mol. The van der Waals surface area contributed by atoms with Crippen molar-refractivity contribution in [2.45, 2.75) is 25.2 Å². The van der Waals surface area contributed by atoms with Crippen molar-refractivity contribution >= 4 is 27.0 Å². The molecule has 1 atom stereocenters. The summed E-state index contributed by atoms with van der Waals surface area (Å²) < 4.78 is 23.8. The van der Waals surface area contributed by atoms with Crippen molar-refractivity contribution in [3.05, 3.63) is 84.6 Å². The quantitative estimate of drug-likeness (QED) is 0.341. The number of anilines is 1. The lowest BCUT2D eigenvalue weighted by Gasteiger charge is -2.08. The van der Waals surface area contributed by atoms with Crippen LogP contribution in [0.3, 0.4) is 0 Å². The summed E-state index contributed by atoms with van der Waals surface area (Å²) >= 11 is 0. The number of carbonyl (C=O) groups is 1. The SMILES string of the molecule is CCCS(=N)(=O)c1ccc(NC(=O)c2cc(-c3ccc4ncnn4c3)n(-c3cccc(C)n3)n2)cc1. The molecule has 5 aromatic rings. The van der Waals surface area contributed by atoms with Gasteiger partial charge in [0.2, 0.25) is 0 Å². The summed E-state index contributed by atoms with van der Waals surface area (Å²) in [7, 11) is -2.83. The standard InChI is InChI=1S/C25H24N8O2S/c1-3-13-36(26,35)20-10-8-19(9-11-20)30-25(34)21-14-22(18-7-12-23-27-16-28-32(23)15-18)33(31-21)24-6-4-5-17(2)29-24/h4-12,14-16,26H,3,13H2,1-2H3,(H,30,34). The Morgan fingerprint density at radius 1 is 1.11 bits per heavy atom. The first-order chi connectivity index (χ1) is 17.3. The molecule has 0 aliphatic rings. The van der Waals surface area contributed by atoms with Gasteiger partial charge in [-0.05, 0) is 67.9 Å². The lowest BCUT2D eigenvalue weighted by molar-refractivity contribution is 0.102. The minimum atomic E-state index is -2.83. The molecule has 4 aromatic heterocycles. The minimum Gasteiger partial charge on any atom is -0.321 e. The summed E-state index contributed by atoms with van der Waals surface area (Å²) in [4.78, 5) is 22.3. The number of nitrogens with one attached hydrogen (secondary N) is 2. The van der Waals surface area contributed by atoms with Crippen LogP contribution >= 0.6 is 0 Å². The van der Waals surface area contributed by atoms with Gasteiger partial charge in [-0.2, -0.15) is 10.2 Å². The van der Waals surface area contributed by atoms with E-state index in [1.165, 1.54) is 6.33 Å². The zero-order valence-corrected chi connectivity index (χ0v) is 20.6. The second-order valence-electron chi connectivity index (χ2n) is 8.30. The van der Waals surface area contributed by atoms with Crippen molar-refractivity contribution in [3.8, 4) is 17.1 Å². The van der Waals surface area contributed by atoms with Crippen molar-refractivity contribution in [2.75, 3.05) is 11.1 Å². The fourth-order valence-corrected chi connectivity index (χ4v) is 5.23. The van der Waals surface area contributed by atoms with E-state index >= 15 is 0 Å². The molecule has 36 heavy (non-hydrogen) atoms. The van der Waals surface area contributed by atoms with Crippen LogP contribution in [0.4, 0.5) is 5.69 Å². The molecule has 2 N–H and O–H groups in total. The Labute approximate surface area is 208 Å². The molecule has 5 rings (SSSR count). The third-order valence-electron chi connectivity index (χ3n) is 5.59. The number of aromatic nitrogens is 6. The molecule has 0 aliphatic heterocycles. The van der Waals surface area contributed by atoms with Gasteiger partial charge in [0.15, 0.2) is 17.2 Å². The maximum atomic E-state index is 13.1. The van der Waals surface area contributed by atoms with E-state index in [1.807, 2.05) is 50.4 Å².